The molecule has 3 aliphatic carbocycles. The van der Waals surface area contributed by atoms with Gasteiger partial charge in [-0.15, -0.1) is 0 Å². The van der Waals surface area contributed by atoms with Crippen LogP contribution >= 0.6 is 0 Å². The van der Waals surface area contributed by atoms with E-state index in [0.717, 1.165) is 17.1 Å². The first kappa shape index (κ1) is 39.6. The summed E-state index contributed by atoms with van der Waals surface area (Å²) >= 11 is 0. The number of hydrogen-bond donors (Lipinski definition) is 0. The van der Waals surface area contributed by atoms with Crippen molar-refractivity contribution in [3.63, 3.8) is 0 Å². The zero-order valence-corrected chi connectivity index (χ0v) is 38.6. The Kier molecular flexibility index (Phi) is 8.61. The molecular weight excluding hydrogens is 831 g/mol. The molecule has 1 unspecified atom stereocenters. The Balaban J connectivity index is 0.999. The van der Waals surface area contributed by atoms with E-state index in [1.807, 2.05) is 0 Å². The molecule has 324 valence electrons. The largest absolute Gasteiger partial charge is 0.310 e. The van der Waals surface area contributed by atoms with E-state index in [4.69, 9.17) is 0 Å². The Morgan fingerprint density at radius 3 is 1.43 bits per heavy atom. The molecule has 0 bridgehead atoms. The fourth-order valence-corrected chi connectivity index (χ4v) is 12.6. The standard InChI is InChI=1S/C68H47N/c1-67(2)60-25-13-10-23-56(60)57-39-37-51(43-65(57)67)69(49-35-32-47(33-36-49)46-30-28-45(29-31-46)44-16-4-3-5-17-44)50-38-41-63-59(42-50)54-21-9-8-20-53(54)55-22-11-14-26-61(55)68(63)62-27-15-12-24-58(62)66-52-19-7-6-18-48(52)34-40-64(66)68/h3-43H,1-2H3. The maximum absolute atomic E-state index is 2.49. The summed E-state index contributed by atoms with van der Waals surface area (Å²) in [4.78, 5) is 2.49. The smallest absolute Gasteiger partial charge is 0.0725 e. The molecule has 1 atom stereocenters. The lowest BCUT2D eigenvalue weighted by Crippen LogP contribution is -2.29. The first-order valence-corrected chi connectivity index (χ1v) is 24.2. The zero-order valence-electron chi connectivity index (χ0n) is 38.6. The summed E-state index contributed by atoms with van der Waals surface area (Å²) < 4.78 is 0. The van der Waals surface area contributed by atoms with E-state index >= 15 is 0 Å². The molecule has 0 N–H and O–H groups in total. The maximum Gasteiger partial charge on any atom is 0.0725 e. The van der Waals surface area contributed by atoms with Crippen molar-refractivity contribution >= 4 is 27.8 Å². The van der Waals surface area contributed by atoms with Gasteiger partial charge in [-0.3, -0.25) is 0 Å². The van der Waals surface area contributed by atoms with Gasteiger partial charge in [-0.05, 0) is 147 Å². The lowest BCUT2D eigenvalue weighted by molar-refractivity contribution is 0.660. The Morgan fingerprint density at radius 2 is 0.725 bits per heavy atom. The van der Waals surface area contributed by atoms with Gasteiger partial charge in [-0.1, -0.05) is 226 Å². The van der Waals surface area contributed by atoms with Gasteiger partial charge in [0.05, 0.1) is 5.41 Å². The van der Waals surface area contributed by atoms with E-state index in [1.54, 1.807) is 0 Å². The molecule has 0 radical (unpaired) electrons. The second kappa shape index (κ2) is 15.0. The first-order valence-electron chi connectivity index (χ1n) is 24.2. The minimum absolute atomic E-state index is 0.151. The van der Waals surface area contributed by atoms with Crippen LogP contribution in [0.15, 0.2) is 249 Å². The van der Waals surface area contributed by atoms with Crippen LogP contribution in [0.25, 0.3) is 77.5 Å². The third-order valence-corrected chi connectivity index (χ3v) is 15.7. The summed E-state index contributed by atoms with van der Waals surface area (Å²) in [5, 5.41) is 2.55. The molecule has 1 nitrogen and oxygen atoms in total. The Bertz CT molecular complexity index is 3860. The van der Waals surface area contributed by atoms with E-state index in [9.17, 15) is 0 Å². The predicted molar refractivity (Wildman–Crippen MR) is 289 cm³/mol. The molecule has 0 aliphatic heterocycles. The van der Waals surface area contributed by atoms with Crippen molar-refractivity contribution in [2.45, 2.75) is 24.7 Å². The molecule has 11 aromatic rings. The lowest BCUT2D eigenvalue weighted by atomic mass is 9.65. The minimum Gasteiger partial charge on any atom is -0.310 e. The number of rotatable bonds is 5. The minimum atomic E-state index is -0.578. The van der Waals surface area contributed by atoms with E-state index < -0.39 is 5.41 Å². The fourth-order valence-electron chi connectivity index (χ4n) is 12.6. The van der Waals surface area contributed by atoms with Crippen molar-refractivity contribution < 1.29 is 0 Å². The molecule has 0 fully saturated rings. The Labute approximate surface area is 404 Å². The molecule has 3 aliphatic rings. The van der Waals surface area contributed by atoms with E-state index in [1.165, 1.54) is 111 Å². The predicted octanol–water partition coefficient (Wildman–Crippen LogP) is 18.0. The van der Waals surface area contributed by atoms with Crippen LogP contribution in [0.4, 0.5) is 17.1 Å². The van der Waals surface area contributed by atoms with Gasteiger partial charge in [0.25, 0.3) is 0 Å². The summed E-state index contributed by atoms with van der Waals surface area (Å²) in [5.41, 5.74) is 25.7. The second-order valence-corrected chi connectivity index (χ2v) is 19.6. The number of benzene rings is 11. The fraction of sp³-hybridized carbons (Fsp3) is 0.0588. The van der Waals surface area contributed by atoms with Gasteiger partial charge in [-0.2, -0.15) is 0 Å². The summed E-state index contributed by atoms with van der Waals surface area (Å²) in [5.74, 6) is 0. The molecule has 0 saturated heterocycles. The van der Waals surface area contributed by atoms with Crippen LogP contribution in [0.3, 0.4) is 0 Å². The van der Waals surface area contributed by atoms with Crippen LogP contribution < -0.4 is 4.90 Å². The van der Waals surface area contributed by atoms with Gasteiger partial charge in [-0.25, -0.2) is 0 Å². The number of fused-ring (bicyclic) bond motifs is 17. The molecule has 11 aromatic carbocycles. The average molecular weight is 878 g/mol. The normalized spacial score (nSPS) is 15.3. The molecule has 0 saturated carbocycles. The Hall–Kier alpha value is -8.52. The topological polar surface area (TPSA) is 3.24 Å². The third kappa shape index (κ3) is 5.71. The quantitative estimate of drug-likeness (QED) is 0.166. The molecule has 0 heterocycles. The van der Waals surface area contributed by atoms with Crippen molar-refractivity contribution in [3.8, 4) is 66.8 Å². The molecular formula is C68H47N. The SMILES string of the molecule is CC1(C)c2ccccc2-c2ccc(N(c3ccc(-c4ccc(-c5ccccc5)cc4)cc3)c3ccc4c(c3)-c3ccccc3-c3ccccc3C43c4ccccc4-c4c3ccc3ccccc43)cc21. The van der Waals surface area contributed by atoms with Crippen LogP contribution in [0.2, 0.25) is 0 Å². The monoisotopic (exact) mass is 877 g/mol. The van der Waals surface area contributed by atoms with Crippen LogP contribution in [0.5, 0.6) is 0 Å². The highest BCUT2D eigenvalue weighted by molar-refractivity contribution is 6.06. The van der Waals surface area contributed by atoms with E-state index in [-0.39, 0.29) is 5.41 Å². The second-order valence-electron chi connectivity index (χ2n) is 19.6. The molecule has 0 amide bonds. The molecule has 14 rings (SSSR count). The van der Waals surface area contributed by atoms with E-state index in [0.29, 0.717) is 0 Å². The molecule has 69 heavy (non-hydrogen) atoms. The van der Waals surface area contributed by atoms with Crippen LogP contribution in [0.1, 0.15) is 47.2 Å². The number of nitrogens with zero attached hydrogens (tertiary/aromatic N) is 1. The average Bonchev–Trinajstić information content (AvgIpc) is 3.80. The van der Waals surface area contributed by atoms with Crippen LogP contribution in [-0.2, 0) is 10.8 Å². The van der Waals surface area contributed by atoms with Crippen molar-refractivity contribution in [1.29, 1.82) is 0 Å². The maximum atomic E-state index is 2.49. The van der Waals surface area contributed by atoms with Crippen molar-refractivity contribution in [1.82, 2.24) is 0 Å². The van der Waals surface area contributed by atoms with Gasteiger partial charge < -0.3 is 4.90 Å². The van der Waals surface area contributed by atoms with Crippen LogP contribution in [0, 0.1) is 0 Å². The van der Waals surface area contributed by atoms with Gasteiger partial charge in [0, 0.05) is 22.5 Å². The summed E-state index contributed by atoms with van der Waals surface area (Å²) in [6, 6.07) is 93.3. The Morgan fingerprint density at radius 1 is 0.275 bits per heavy atom. The van der Waals surface area contributed by atoms with Gasteiger partial charge in [0.15, 0.2) is 0 Å². The van der Waals surface area contributed by atoms with Crippen molar-refractivity contribution in [2.24, 2.45) is 0 Å². The highest BCUT2D eigenvalue weighted by Crippen LogP contribution is 2.63. The van der Waals surface area contributed by atoms with Crippen molar-refractivity contribution in [2.75, 3.05) is 4.90 Å². The third-order valence-electron chi connectivity index (χ3n) is 15.7. The van der Waals surface area contributed by atoms with Crippen molar-refractivity contribution in [3.05, 3.63) is 282 Å². The van der Waals surface area contributed by atoms with E-state index in [2.05, 4.69) is 267 Å². The summed E-state index contributed by atoms with van der Waals surface area (Å²) in [6.45, 7) is 4.75. The van der Waals surface area contributed by atoms with Gasteiger partial charge in [0.2, 0.25) is 0 Å². The lowest BCUT2D eigenvalue weighted by Gasteiger charge is -2.36. The zero-order chi connectivity index (χ0) is 45.8. The molecule has 1 spiro atoms. The molecule has 1 heteroatoms. The number of anilines is 3. The van der Waals surface area contributed by atoms with Crippen LogP contribution in [-0.4, -0.2) is 0 Å². The molecule has 0 aromatic heterocycles. The van der Waals surface area contributed by atoms with Gasteiger partial charge in [0.1, 0.15) is 0 Å². The summed E-state index contributed by atoms with van der Waals surface area (Å²) in [7, 11) is 0. The number of hydrogen-bond acceptors (Lipinski definition) is 1. The summed E-state index contributed by atoms with van der Waals surface area (Å²) in [6.07, 6.45) is 0. The highest BCUT2D eigenvalue weighted by atomic mass is 15.1. The first-order chi connectivity index (χ1) is 34.0. The highest BCUT2D eigenvalue weighted by Gasteiger charge is 2.50. The van der Waals surface area contributed by atoms with Gasteiger partial charge >= 0.3 is 0 Å².